The Balaban J connectivity index is 1.59. The van der Waals surface area contributed by atoms with Crippen molar-refractivity contribution in [2.45, 2.75) is 32.6 Å². The molecule has 5 heteroatoms. The predicted octanol–water partition coefficient (Wildman–Crippen LogP) is 3.75. The van der Waals surface area contributed by atoms with Gasteiger partial charge in [0.25, 0.3) is 5.91 Å². The Labute approximate surface area is 160 Å². The quantitative estimate of drug-likeness (QED) is 0.752. The summed E-state index contributed by atoms with van der Waals surface area (Å²) in [6.45, 7) is 6.99. The van der Waals surface area contributed by atoms with E-state index < -0.39 is 0 Å². The van der Waals surface area contributed by atoms with Crippen molar-refractivity contribution in [3.05, 3.63) is 71.5 Å². The van der Waals surface area contributed by atoms with Crippen LogP contribution < -0.4 is 5.32 Å². The molecule has 0 bridgehead atoms. The Morgan fingerprint density at radius 2 is 1.67 bits per heavy atom. The zero-order chi connectivity index (χ0) is 19.4. The number of hydrogen-bond donors (Lipinski definition) is 1. The first-order valence-corrected chi connectivity index (χ1v) is 9.18. The van der Waals surface area contributed by atoms with E-state index in [2.05, 4.69) is 36.3 Å². The van der Waals surface area contributed by atoms with Crippen LogP contribution in [0.1, 0.15) is 42.5 Å². The molecule has 2 aromatic carbocycles. The lowest BCUT2D eigenvalue weighted by Gasteiger charge is -2.19. The highest BCUT2D eigenvalue weighted by Crippen LogP contribution is 2.22. The fourth-order valence-corrected chi connectivity index (χ4v) is 2.93. The van der Waals surface area contributed by atoms with Gasteiger partial charge >= 0.3 is 0 Å². The molecule has 0 aliphatic carbocycles. The van der Waals surface area contributed by atoms with Gasteiger partial charge in [-0.3, -0.25) is 4.79 Å². The molecule has 3 rings (SSSR count). The third kappa shape index (κ3) is 4.42. The first kappa shape index (κ1) is 18.8. The van der Waals surface area contributed by atoms with Crippen molar-refractivity contribution in [1.82, 2.24) is 20.1 Å². The number of rotatable bonds is 5. The Hall–Kier alpha value is -2.95. The fourth-order valence-electron chi connectivity index (χ4n) is 2.93. The second-order valence-corrected chi connectivity index (χ2v) is 7.70. The van der Waals surface area contributed by atoms with Gasteiger partial charge in [-0.15, -0.1) is 10.2 Å². The molecule has 0 saturated heterocycles. The number of carbonyl (C=O) groups is 1. The molecule has 1 aromatic heterocycles. The highest BCUT2D eigenvalue weighted by molar-refractivity contribution is 5.94. The van der Waals surface area contributed by atoms with Crippen LogP contribution in [0.4, 0.5) is 0 Å². The normalized spacial score (nSPS) is 11.4. The van der Waals surface area contributed by atoms with Gasteiger partial charge < -0.3 is 9.88 Å². The minimum Gasteiger partial charge on any atom is -0.352 e. The van der Waals surface area contributed by atoms with Crippen LogP contribution in [-0.4, -0.2) is 27.2 Å². The summed E-state index contributed by atoms with van der Waals surface area (Å²) in [4.78, 5) is 12.4. The van der Waals surface area contributed by atoms with Gasteiger partial charge in [0.2, 0.25) is 0 Å². The van der Waals surface area contributed by atoms with Crippen molar-refractivity contribution < 1.29 is 4.79 Å². The van der Waals surface area contributed by atoms with Gasteiger partial charge in [-0.1, -0.05) is 63.2 Å². The number of benzene rings is 2. The molecular weight excluding hydrogens is 336 g/mol. The lowest BCUT2D eigenvalue weighted by molar-refractivity contribution is 0.0954. The van der Waals surface area contributed by atoms with Crippen LogP contribution in [0.25, 0.3) is 11.4 Å². The minimum atomic E-state index is -0.0686. The molecule has 1 amide bonds. The van der Waals surface area contributed by atoms with Gasteiger partial charge in [-0.25, -0.2) is 0 Å². The van der Waals surface area contributed by atoms with Gasteiger partial charge in [0.15, 0.2) is 5.82 Å². The molecule has 5 nitrogen and oxygen atoms in total. The maximum atomic E-state index is 12.4. The van der Waals surface area contributed by atoms with Crippen molar-refractivity contribution in [2.75, 3.05) is 6.54 Å². The lowest BCUT2D eigenvalue weighted by Crippen LogP contribution is -2.26. The molecule has 0 atom stereocenters. The molecule has 0 aliphatic heterocycles. The van der Waals surface area contributed by atoms with E-state index in [0.29, 0.717) is 18.5 Å². The molecule has 140 valence electrons. The van der Waals surface area contributed by atoms with Crippen molar-refractivity contribution in [2.24, 2.45) is 7.05 Å². The first-order valence-electron chi connectivity index (χ1n) is 9.18. The average Bonchev–Trinajstić information content (AvgIpc) is 3.02. The third-order valence-corrected chi connectivity index (χ3v) is 4.64. The van der Waals surface area contributed by atoms with Crippen LogP contribution in [0.15, 0.2) is 54.6 Å². The number of nitrogens with zero attached hydrogens (tertiary/aromatic N) is 3. The topological polar surface area (TPSA) is 59.8 Å². The van der Waals surface area contributed by atoms with Crippen molar-refractivity contribution in [3.63, 3.8) is 0 Å². The molecule has 3 aromatic rings. The summed E-state index contributed by atoms with van der Waals surface area (Å²) in [7, 11) is 1.95. The van der Waals surface area contributed by atoms with Gasteiger partial charge in [0, 0.05) is 31.1 Å². The Bertz CT molecular complexity index is 906. The molecule has 0 unspecified atom stereocenters. The van der Waals surface area contributed by atoms with Crippen LogP contribution in [0.2, 0.25) is 0 Å². The van der Waals surface area contributed by atoms with Crippen LogP contribution in [-0.2, 0) is 18.9 Å². The van der Waals surface area contributed by atoms with Crippen LogP contribution >= 0.6 is 0 Å². The van der Waals surface area contributed by atoms with E-state index in [1.807, 2.05) is 66.2 Å². The fraction of sp³-hybridized carbons (Fsp3) is 0.318. The van der Waals surface area contributed by atoms with E-state index in [-0.39, 0.29) is 11.3 Å². The zero-order valence-corrected chi connectivity index (χ0v) is 16.4. The standard InChI is InChI=1S/C22H26N4O/c1-22(2,3)18-12-10-17(11-13-18)21(27)23-15-14-19-24-25-20(26(19)4)16-8-6-5-7-9-16/h5-13H,14-15H2,1-4H3,(H,23,27). The second kappa shape index (κ2) is 7.74. The average molecular weight is 362 g/mol. The van der Waals surface area contributed by atoms with Crippen molar-refractivity contribution >= 4 is 5.91 Å². The number of amides is 1. The van der Waals surface area contributed by atoms with Gasteiger partial charge in [0.05, 0.1) is 0 Å². The van der Waals surface area contributed by atoms with E-state index in [0.717, 1.165) is 17.2 Å². The lowest BCUT2D eigenvalue weighted by atomic mass is 9.87. The molecule has 0 radical (unpaired) electrons. The summed E-state index contributed by atoms with van der Waals surface area (Å²) in [5.74, 6) is 1.60. The van der Waals surface area contributed by atoms with Crippen molar-refractivity contribution in [3.8, 4) is 11.4 Å². The number of nitrogens with one attached hydrogen (secondary N) is 1. The van der Waals surface area contributed by atoms with E-state index in [9.17, 15) is 4.79 Å². The molecule has 1 heterocycles. The smallest absolute Gasteiger partial charge is 0.251 e. The third-order valence-electron chi connectivity index (χ3n) is 4.64. The largest absolute Gasteiger partial charge is 0.352 e. The Morgan fingerprint density at radius 1 is 1.00 bits per heavy atom. The summed E-state index contributed by atoms with van der Waals surface area (Å²) in [6, 6.07) is 17.8. The van der Waals surface area contributed by atoms with Crippen LogP contribution in [0.5, 0.6) is 0 Å². The minimum absolute atomic E-state index is 0.0686. The summed E-state index contributed by atoms with van der Waals surface area (Å²) in [5, 5.41) is 11.5. The SMILES string of the molecule is Cn1c(CCNC(=O)c2ccc(C(C)(C)C)cc2)nnc1-c1ccccc1. The van der Waals surface area contributed by atoms with Crippen molar-refractivity contribution in [1.29, 1.82) is 0 Å². The Kier molecular flexibility index (Phi) is 5.40. The first-order chi connectivity index (χ1) is 12.9. The molecule has 1 N–H and O–H groups in total. The van der Waals surface area contributed by atoms with E-state index in [4.69, 9.17) is 0 Å². The maximum Gasteiger partial charge on any atom is 0.251 e. The van der Waals surface area contributed by atoms with Gasteiger partial charge in [0.1, 0.15) is 5.82 Å². The summed E-state index contributed by atoms with van der Waals surface area (Å²) < 4.78 is 1.97. The molecular formula is C22H26N4O. The molecule has 0 saturated carbocycles. The molecule has 0 fully saturated rings. The Morgan fingerprint density at radius 3 is 2.30 bits per heavy atom. The van der Waals surface area contributed by atoms with Gasteiger partial charge in [-0.05, 0) is 23.1 Å². The number of hydrogen-bond acceptors (Lipinski definition) is 3. The summed E-state index contributed by atoms with van der Waals surface area (Å²) >= 11 is 0. The van der Waals surface area contributed by atoms with E-state index in [1.165, 1.54) is 5.56 Å². The number of carbonyl (C=O) groups excluding carboxylic acids is 1. The van der Waals surface area contributed by atoms with Gasteiger partial charge in [-0.2, -0.15) is 0 Å². The molecule has 0 spiro atoms. The molecule has 0 aliphatic rings. The summed E-state index contributed by atoms with van der Waals surface area (Å²) in [5.41, 5.74) is 3.00. The zero-order valence-electron chi connectivity index (χ0n) is 16.4. The molecule has 27 heavy (non-hydrogen) atoms. The predicted molar refractivity (Wildman–Crippen MR) is 108 cm³/mol. The van der Waals surface area contributed by atoms with Crippen LogP contribution in [0.3, 0.4) is 0 Å². The van der Waals surface area contributed by atoms with E-state index in [1.54, 1.807) is 0 Å². The highest BCUT2D eigenvalue weighted by Gasteiger charge is 2.15. The van der Waals surface area contributed by atoms with Crippen LogP contribution in [0, 0.1) is 0 Å². The summed E-state index contributed by atoms with van der Waals surface area (Å²) in [6.07, 6.45) is 0.627. The monoisotopic (exact) mass is 362 g/mol. The maximum absolute atomic E-state index is 12.4. The van der Waals surface area contributed by atoms with E-state index >= 15 is 0 Å². The highest BCUT2D eigenvalue weighted by atomic mass is 16.1. The number of aromatic nitrogens is 3. The second-order valence-electron chi connectivity index (χ2n) is 7.70.